The Hall–Kier alpha value is -9.03. The summed E-state index contributed by atoms with van der Waals surface area (Å²) in [7, 11) is 0. The van der Waals surface area contributed by atoms with Gasteiger partial charge in [0, 0.05) is 44.6 Å². The second-order valence-corrected chi connectivity index (χ2v) is 26.3. The molecule has 0 spiro atoms. The van der Waals surface area contributed by atoms with Crippen LogP contribution in [-0.2, 0) is 45.3 Å². The molecule has 5 heterocycles. The van der Waals surface area contributed by atoms with Gasteiger partial charge in [-0.1, -0.05) is 126 Å². The average Bonchev–Trinajstić information content (AvgIpc) is 1.64. The van der Waals surface area contributed by atoms with Gasteiger partial charge in [-0.15, -0.1) is 0 Å². The van der Waals surface area contributed by atoms with Crippen LogP contribution in [0.3, 0.4) is 0 Å². The zero-order valence-corrected chi connectivity index (χ0v) is 53.6. The maximum Gasteiger partial charge on any atom is 0.410 e. The lowest BCUT2D eigenvalue weighted by Gasteiger charge is -2.41. The van der Waals surface area contributed by atoms with Crippen molar-refractivity contribution in [1.29, 1.82) is 0 Å². The summed E-state index contributed by atoms with van der Waals surface area (Å²) in [5.41, 5.74) is 1.16. The van der Waals surface area contributed by atoms with E-state index in [1.54, 1.807) is 24.3 Å². The number of alkyl halides is 2. The second-order valence-electron chi connectivity index (χ2n) is 26.3. The number of rotatable bonds is 19. The van der Waals surface area contributed by atoms with Crippen LogP contribution >= 0.6 is 0 Å². The molecule has 3 aliphatic heterocycles. The van der Waals surface area contributed by atoms with E-state index in [1.165, 1.54) is 48.3 Å². The van der Waals surface area contributed by atoms with Gasteiger partial charge in [0.2, 0.25) is 0 Å². The minimum absolute atomic E-state index is 0.00328. The highest BCUT2D eigenvalue weighted by Crippen LogP contribution is 2.42. The van der Waals surface area contributed by atoms with Crippen molar-refractivity contribution in [2.45, 2.75) is 111 Å². The summed E-state index contributed by atoms with van der Waals surface area (Å²) >= 11 is 0. The molecule has 8 aromatic rings. The molecule has 3 amide bonds. The van der Waals surface area contributed by atoms with E-state index in [4.69, 9.17) is 19.2 Å². The Morgan fingerprint density at radius 1 is 0.568 bits per heavy atom. The number of nitrogens with one attached hydrogen (secondary N) is 1. The Morgan fingerprint density at radius 3 is 1.51 bits per heavy atom. The maximum absolute atomic E-state index is 15.9. The minimum atomic E-state index is -1.48. The number of amides is 3. The lowest BCUT2D eigenvalue weighted by molar-refractivity contribution is -0.147. The van der Waals surface area contributed by atoms with Crippen molar-refractivity contribution in [3.63, 3.8) is 0 Å². The number of carbonyl (C=O) groups is 3. The van der Waals surface area contributed by atoms with Gasteiger partial charge in [-0.3, -0.25) is 4.79 Å². The first-order valence-electron chi connectivity index (χ1n) is 31.5. The van der Waals surface area contributed by atoms with Crippen molar-refractivity contribution in [2.75, 3.05) is 45.9 Å². The second kappa shape index (κ2) is 30.1. The normalized spacial score (nSPS) is 18.7. The van der Waals surface area contributed by atoms with Crippen LogP contribution in [0.1, 0.15) is 100 Å². The lowest BCUT2D eigenvalue weighted by atomic mass is 9.83. The predicted octanol–water partition coefficient (Wildman–Crippen LogP) is 13.8. The number of hydrogen-bond acceptors (Lipinski definition) is 11. The summed E-state index contributed by atoms with van der Waals surface area (Å²) < 4.78 is 137. The molecule has 0 bridgehead atoms. The molecule has 502 valence electrons. The van der Waals surface area contributed by atoms with Crippen LogP contribution in [0.2, 0.25) is 0 Å². The van der Waals surface area contributed by atoms with Gasteiger partial charge in [0.05, 0.1) is 49.4 Å². The van der Waals surface area contributed by atoms with Crippen LogP contribution in [-0.4, -0.2) is 127 Å². The fourth-order valence-corrected chi connectivity index (χ4v) is 12.1. The monoisotopic (exact) mass is 1320 g/mol. The van der Waals surface area contributed by atoms with Gasteiger partial charge < -0.3 is 34.2 Å². The Morgan fingerprint density at radius 2 is 1.03 bits per heavy atom. The SMILES string of the molecule is CC(C)(C)[C@@H](NC[C@@H]1CN(C(=O)OCc2ccccc2)C[C@@H]1F)c1nc(-c2cc(F)ccc2F)nn1Cc1cccc(F)c1.CC(C)(C)[C@H](c1nc(-c2cc(F)ccc2F)nn1Cc1cccc(F)c1)N(C[C@@H]1CN(C(=O)OCc2ccccc2)C[C@@H]1F)C(=O)C1CCCO1. The maximum atomic E-state index is 15.9. The van der Waals surface area contributed by atoms with Gasteiger partial charge >= 0.3 is 12.2 Å². The molecule has 0 radical (unpaired) electrons. The lowest BCUT2D eigenvalue weighted by Crippen LogP contribution is -2.49. The van der Waals surface area contributed by atoms with E-state index in [9.17, 15) is 36.3 Å². The van der Waals surface area contributed by atoms with Crippen LogP contribution in [0.5, 0.6) is 0 Å². The largest absolute Gasteiger partial charge is 0.445 e. The van der Waals surface area contributed by atoms with E-state index >= 15 is 13.2 Å². The van der Waals surface area contributed by atoms with Crippen molar-refractivity contribution in [2.24, 2.45) is 22.7 Å². The van der Waals surface area contributed by atoms with Gasteiger partial charge in [-0.05, 0) is 107 Å². The molecular formula is C71H76F8N10O6. The molecule has 6 aromatic carbocycles. The van der Waals surface area contributed by atoms with Crippen molar-refractivity contribution < 1.29 is 63.7 Å². The predicted molar refractivity (Wildman–Crippen MR) is 338 cm³/mol. The Kier molecular flexibility index (Phi) is 21.8. The van der Waals surface area contributed by atoms with Crippen LogP contribution in [0.15, 0.2) is 146 Å². The summed E-state index contributed by atoms with van der Waals surface area (Å²) in [6.07, 6.45) is -3.66. The molecule has 24 heteroatoms. The van der Waals surface area contributed by atoms with Gasteiger partial charge in [-0.2, -0.15) is 10.2 Å². The fourth-order valence-electron chi connectivity index (χ4n) is 12.1. The minimum Gasteiger partial charge on any atom is -0.445 e. The highest BCUT2D eigenvalue weighted by atomic mass is 19.2. The van der Waals surface area contributed by atoms with Gasteiger partial charge in [0.25, 0.3) is 5.91 Å². The number of benzene rings is 6. The molecule has 3 aliphatic rings. The van der Waals surface area contributed by atoms with Crippen molar-refractivity contribution in [3.8, 4) is 22.8 Å². The van der Waals surface area contributed by atoms with Gasteiger partial charge in [0.1, 0.15) is 72.4 Å². The molecule has 0 saturated carbocycles. The first kappa shape index (κ1) is 68.8. The number of aromatic nitrogens is 6. The van der Waals surface area contributed by atoms with Crippen LogP contribution in [0, 0.1) is 57.6 Å². The number of hydrogen-bond donors (Lipinski definition) is 1. The van der Waals surface area contributed by atoms with E-state index in [0.29, 0.717) is 36.4 Å². The Labute approximate surface area is 546 Å². The fraction of sp³-hybridized carbons (Fsp3) is 0.394. The summed E-state index contributed by atoms with van der Waals surface area (Å²) in [6.45, 7) is 12.1. The highest BCUT2D eigenvalue weighted by molar-refractivity contribution is 5.82. The summed E-state index contributed by atoms with van der Waals surface area (Å²) in [5, 5.41) is 12.5. The molecule has 16 nitrogen and oxygen atoms in total. The molecule has 7 atom stereocenters. The smallest absolute Gasteiger partial charge is 0.410 e. The molecule has 95 heavy (non-hydrogen) atoms. The summed E-state index contributed by atoms with van der Waals surface area (Å²) in [4.78, 5) is 53.7. The van der Waals surface area contributed by atoms with Crippen molar-refractivity contribution in [3.05, 3.63) is 214 Å². The van der Waals surface area contributed by atoms with Crippen LogP contribution < -0.4 is 5.32 Å². The molecule has 1 N–H and O–H groups in total. The van der Waals surface area contributed by atoms with Crippen molar-refractivity contribution in [1.82, 2.24) is 49.5 Å². The number of carbonyl (C=O) groups excluding carboxylic acids is 3. The third-order valence-electron chi connectivity index (χ3n) is 16.8. The molecule has 0 aliphatic carbocycles. The van der Waals surface area contributed by atoms with E-state index in [1.807, 2.05) is 102 Å². The topological polar surface area (TPSA) is 162 Å². The first-order chi connectivity index (χ1) is 45.3. The number of ether oxygens (including phenoxy) is 3. The van der Waals surface area contributed by atoms with E-state index < -0.39 is 100 Å². The zero-order valence-electron chi connectivity index (χ0n) is 53.6. The van der Waals surface area contributed by atoms with E-state index in [0.717, 1.165) is 47.5 Å². The van der Waals surface area contributed by atoms with E-state index in [2.05, 4.69) is 20.5 Å². The third-order valence-corrected chi connectivity index (χ3v) is 16.8. The Balaban J connectivity index is 0.000000209. The number of nitrogens with zero attached hydrogens (tertiary/aromatic N) is 9. The first-order valence-corrected chi connectivity index (χ1v) is 31.5. The van der Waals surface area contributed by atoms with Gasteiger partial charge in [0.15, 0.2) is 17.5 Å². The Bertz CT molecular complexity index is 3940. The zero-order chi connectivity index (χ0) is 67.7. The summed E-state index contributed by atoms with van der Waals surface area (Å²) in [5.74, 6) is -4.93. The molecule has 11 rings (SSSR count). The standard InChI is InChI=1S/C38H41F4N5O4.C33H35F4N5O2/c1-38(2,3)33(35-43-34(29-18-28(40)14-15-30(29)41)44-47(35)19-25-11-7-12-27(39)17-25)46(36(48)32-13-8-16-50-32)21-26-20-45(22-31(26)42)37(49)51-23-24-9-5-4-6-10-24;1-33(2,3)29(38-16-23-18-41(19-28(23)37)32(43)44-20-21-8-5-4-6-9-21)31-39-30(26-15-25(35)12-13-27(26)36)40-42(31)17-22-10-7-11-24(34)14-22/h4-7,9-12,14-15,17-18,26,31-33H,8,13,16,19-23H2,1-3H3;4-15,23,28-29,38H,16-20H2,1-3H3/t26-,31-,32?,33-;23-,28+,29+/m01/s1. The highest BCUT2D eigenvalue weighted by Gasteiger charge is 2.46. The van der Waals surface area contributed by atoms with Gasteiger partial charge in [-0.25, -0.2) is 64.0 Å². The van der Waals surface area contributed by atoms with Crippen molar-refractivity contribution >= 4 is 18.1 Å². The third kappa shape index (κ3) is 17.5. The van der Waals surface area contributed by atoms with E-state index in [-0.39, 0.29) is 100 Å². The molecule has 2 aromatic heterocycles. The van der Waals surface area contributed by atoms with Crippen LogP contribution in [0.4, 0.5) is 44.7 Å². The number of likely N-dealkylation sites (tertiary alicyclic amines) is 2. The number of halogens is 8. The average molecular weight is 1320 g/mol. The molecule has 3 fully saturated rings. The molecule has 3 saturated heterocycles. The summed E-state index contributed by atoms with van der Waals surface area (Å²) in [6, 6.07) is 34.8. The molecular weight excluding hydrogens is 1240 g/mol. The quantitative estimate of drug-likeness (QED) is 0.0767. The molecule has 1 unspecified atom stereocenters. The van der Waals surface area contributed by atoms with Crippen LogP contribution in [0.25, 0.3) is 22.8 Å².